The fourth-order valence-corrected chi connectivity index (χ4v) is 3.00. The number of ether oxygens (including phenoxy) is 2. The molecule has 0 bridgehead atoms. The number of rotatable bonds is 4. The van der Waals surface area contributed by atoms with Crippen LogP contribution in [-0.2, 0) is 4.74 Å². The van der Waals surface area contributed by atoms with E-state index in [2.05, 4.69) is 4.98 Å². The van der Waals surface area contributed by atoms with Crippen LogP contribution >= 0.6 is 22.9 Å². The van der Waals surface area contributed by atoms with E-state index < -0.39 is 5.97 Å². The first-order valence-electron chi connectivity index (χ1n) is 6.36. The van der Waals surface area contributed by atoms with Crippen molar-refractivity contribution in [3.8, 4) is 16.3 Å². The summed E-state index contributed by atoms with van der Waals surface area (Å²) in [7, 11) is 0. The van der Waals surface area contributed by atoms with Gasteiger partial charge >= 0.3 is 5.97 Å². The number of carboxylic acids is 1. The zero-order valence-electron chi connectivity index (χ0n) is 10.9. The number of carboxylic acid groups (broad SMARTS) is 1. The van der Waals surface area contributed by atoms with Crippen LogP contribution in [-0.4, -0.2) is 35.4 Å². The zero-order chi connectivity index (χ0) is 14.8. The quantitative estimate of drug-likeness (QED) is 0.933. The van der Waals surface area contributed by atoms with Gasteiger partial charge in [-0.1, -0.05) is 11.6 Å². The van der Waals surface area contributed by atoms with Crippen molar-refractivity contribution >= 4 is 28.9 Å². The molecule has 3 rings (SSSR count). The van der Waals surface area contributed by atoms with Gasteiger partial charge in [0.25, 0.3) is 0 Å². The number of benzene rings is 1. The standard InChI is InChI=1S/C14H12ClNO4S/c15-12-6-16-13(21-12)8-3-9(14(17)18)5-11(4-8)20-10-1-2-19-7-10/h3-6,10H,1-2,7H2,(H,17,18). The number of hydrogen-bond acceptors (Lipinski definition) is 5. The van der Waals surface area contributed by atoms with E-state index in [4.69, 9.17) is 21.1 Å². The molecule has 1 aromatic carbocycles. The topological polar surface area (TPSA) is 68.7 Å². The maximum atomic E-state index is 11.3. The Labute approximate surface area is 130 Å². The van der Waals surface area contributed by atoms with E-state index in [1.54, 1.807) is 18.3 Å². The molecular formula is C14H12ClNO4S. The second kappa shape index (κ2) is 6.01. The highest BCUT2D eigenvalue weighted by molar-refractivity contribution is 7.18. The van der Waals surface area contributed by atoms with E-state index in [1.165, 1.54) is 17.4 Å². The van der Waals surface area contributed by atoms with Crippen LogP contribution < -0.4 is 4.74 Å². The summed E-state index contributed by atoms with van der Waals surface area (Å²) in [6.07, 6.45) is 2.30. The predicted octanol–water partition coefficient (Wildman–Crippen LogP) is 3.33. The molecule has 7 heteroatoms. The van der Waals surface area contributed by atoms with E-state index in [0.29, 0.717) is 33.9 Å². The maximum Gasteiger partial charge on any atom is 0.335 e. The van der Waals surface area contributed by atoms with Crippen molar-refractivity contribution in [1.82, 2.24) is 4.98 Å². The summed E-state index contributed by atoms with van der Waals surface area (Å²) in [5, 5.41) is 9.89. The molecule has 0 radical (unpaired) electrons. The van der Waals surface area contributed by atoms with Gasteiger partial charge in [0.2, 0.25) is 0 Å². The predicted molar refractivity (Wildman–Crippen MR) is 79.4 cm³/mol. The average molecular weight is 326 g/mol. The Balaban J connectivity index is 1.95. The van der Waals surface area contributed by atoms with Crippen molar-refractivity contribution in [1.29, 1.82) is 0 Å². The molecule has 110 valence electrons. The van der Waals surface area contributed by atoms with Gasteiger partial charge in [-0.2, -0.15) is 0 Å². The minimum Gasteiger partial charge on any atom is -0.488 e. The number of halogens is 1. The van der Waals surface area contributed by atoms with Crippen LogP contribution in [0.1, 0.15) is 16.8 Å². The van der Waals surface area contributed by atoms with Gasteiger partial charge in [-0.3, -0.25) is 0 Å². The van der Waals surface area contributed by atoms with Crippen LogP contribution in [0.15, 0.2) is 24.4 Å². The van der Waals surface area contributed by atoms with E-state index in [0.717, 1.165) is 6.42 Å². The highest BCUT2D eigenvalue weighted by Gasteiger charge is 2.19. The molecule has 5 nitrogen and oxygen atoms in total. The summed E-state index contributed by atoms with van der Waals surface area (Å²) in [6.45, 7) is 1.19. The molecule has 1 aromatic heterocycles. The van der Waals surface area contributed by atoms with E-state index in [-0.39, 0.29) is 11.7 Å². The molecule has 1 unspecified atom stereocenters. The van der Waals surface area contributed by atoms with E-state index in [9.17, 15) is 9.90 Å². The first-order valence-corrected chi connectivity index (χ1v) is 7.56. The Hall–Kier alpha value is -1.63. The summed E-state index contributed by atoms with van der Waals surface area (Å²) in [5.41, 5.74) is 0.841. The third kappa shape index (κ3) is 3.34. The third-order valence-corrected chi connectivity index (χ3v) is 4.23. The van der Waals surface area contributed by atoms with Crippen LogP contribution in [0.3, 0.4) is 0 Å². The molecule has 1 atom stereocenters. The van der Waals surface area contributed by atoms with Crippen LogP contribution in [0.2, 0.25) is 4.34 Å². The van der Waals surface area contributed by atoms with Crippen molar-refractivity contribution < 1.29 is 19.4 Å². The Morgan fingerprint density at radius 2 is 2.33 bits per heavy atom. The summed E-state index contributed by atoms with van der Waals surface area (Å²) in [5.74, 6) is -0.501. The second-order valence-electron chi connectivity index (χ2n) is 4.62. The number of hydrogen-bond donors (Lipinski definition) is 1. The first-order chi connectivity index (χ1) is 10.1. The molecule has 1 saturated heterocycles. The second-order valence-corrected chi connectivity index (χ2v) is 6.29. The fourth-order valence-electron chi connectivity index (χ4n) is 2.10. The van der Waals surface area contributed by atoms with Crippen LogP contribution in [0.25, 0.3) is 10.6 Å². The largest absolute Gasteiger partial charge is 0.488 e. The van der Waals surface area contributed by atoms with Crippen LogP contribution in [0.4, 0.5) is 0 Å². The molecule has 0 aliphatic carbocycles. The van der Waals surface area contributed by atoms with Gasteiger partial charge in [-0.25, -0.2) is 9.78 Å². The number of carbonyl (C=O) groups is 1. The number of thiazole rings is 1. The smallest absolute Gasteiger partial charge is 0.335 e. The lowest BCUT2D eigenvalue weighted by molar-refractivity contribution is 0.0696. The normalized spacial score (nSPS) is 17.9. The summed E-state index contributed by atoms with van der Waals surface area (Å²) < 4.78 is 11.6. The lowest BCUT2D eigenvalue weighted by Gasteiger charge is -2.13. The molecule has 1 aliphatic heterocycles. The minimum atomic E-state index is -1.01. The summed E-state index contributed by atoms with van der Waals surface area (Å²) in [6, 6.07) is 4.86. The Kier molecular flexibility index (Phi) is 4.10. The van der Waals surface area contributed by atoms with Gasteiger partial charge in [0, 0.05) is 12.0 Å². The zero-order valence-corrected chi connectivity index (χ0v) is 12.5. The average Bonchev–Trinajstić information content (AvgIpc) is 3.10. The van der Waals surface area contributed by atoms with Crippen molar-refractivity contribution in [2.75, 3.05) is 13.2 Å². The van der Waals surface area contributed by atoms with Crippen LogP contribution in [0, 0.1) is 0 Å². The summed E-state index contributed by atoms with van der Waals surface area (Å²) >= 11 is 7.18. The van der Waals surface area contributed by atoms with Gasteiger partial charge in [0.1, 0.15) is 21.2 Å². The van der Waals surface area contributed by atoms with Gasteiger partial charge in [0.15, 0.2) is 0 Å². The van der Waals surface area contributed by atoms with Crippen molar-refractivity contribution in [2.45, 2.75) is 12.5 Å². The number of nitrogens with zero attached hydrogens (tertiary/aromatic N) is 1. The summed E-state index contributed by atoms with van der Waals surface area (Å²) in [4.78, 5) is 15.4. The molecule has 0 amide bonds. The van der Waals surface area contributed by atoms with E-state index in [1.807, 2.05) is 0 Å². The molecule has 1 fully saturated rings. The van der Waals surface area contributed by atoms with Crippen LogP contribution in [0.5, 0.6) is 5.75 Å². The lowest BCUT2D eigenvalue weighted by atomic mass is 10.1. The van der Waals surface area contributed by atoms with Gasteiger partial charge in [-0.15, -0.1) is 11.3 Å². The Morgan fingerprint density at radius 1 is 1.48 bits per heavy atom. The molecule has 1 aliphatic rings. The molecular weight excluding hydrogens is 314 g/mol. The molecule has 0 saturated carbocycles. The van der Waals surface area contributed by atoms with Crippen molar-refractivity contribution in [3.05, 3.63) is 34.3 Å². The number of aromatic carboxylic acids is 1. The monoisotopic (exact) mass is 325 g/mol. The molecule has 2 aromatic rings. The first kappa shape index (κ1) is 14.3. The SMILES string of the molecule is O=C(O)c1cc(OC2CCOC2)cc(-c2ncc(Cl)s2)c1. The van der Waals surface area contributed by atoms with Gasteiger partial charge in [0.05, 0.1) is 25.0 Å². The highest BCUT2D eigenvalue weighted by Crippen LogP contribution is 2.32. The molecule has 21 heavy (non-hydrogen) atoms. The third-order valence-electron chi connectivity index (χ3n) is 3.07. The molecule has 2 heterocycles. The van der Waals surface area contributed by atoms with Gasteiger partial charge < -0.3 is 14.6 Å². The van der Waals surface area contributed by atoms with Gasteiger partial charge in [-0.05, 0) is 18.2 Å². The molecule has 1 N–H and O–H groups in total. The Morgan fingerprint density at radius 3 is 2.95 bits per heavy atom. The minimum absolute atomic E-state index is 0.0400. The Bertz CT molecular complexity index is 667. The lowest BCUT2D eigenvalue weighted by Crippen LogP contribution is -2.16. The molecule has 0 spiro atoms. The maximum absolute atomic E-state index is 11.3. The number of aromatic nitrogens is 1. The highest BCUT2D eigenvalue weighted by atomic mass is 35.5. The van der Waals surface area contributed by atoms with E-state index >= 15 is 0 Å². The van der Waals surface area contributed by atoms with Crippen molar-refractivity contribution in [2.24, 2.45) is 0 Å². The fraction of sp³-hybridized carbons (Fsp3) is 0.286. The van der Waals surface area contributed by atoms with Crippen molar-refractivity contribution in [3.63, 3.8) is 0 Å².